The zero-order valence-electron chi connectivity index (χ0n) is 13.0. The van der Waals surface area contributed by atoms with Crippen LogP contribution in [0.25, 0.3) is 22.2 Å². The van der Waals surface area contributed by atoms with Crippen LogP contribution in [0.2, 0.25) is 0 Å². The number of hydrogen-bond donors (Lipinski definition) is 1. The third-order valence-corrected chi connectivity index (χ3v) is 4.25. The first kappa shape index (κ1) is 15.1. The zero-order chi connectivity index (χ0) is 16.6. The highest BCUT2D eigenvalue weighted by Crippen LogP contribution is 2.26. The Balaban J connectivity index is 1.98. The average molecular weight is 307 g/mol. The minimum Gasteiger partial charge on any atom is -0.408 e. The average Bonchev–Trinajstić information content (AvgIpc) is 2.87. The number of hydrogen-bond acceptors (Lipinski definition) is 4. The van der Waals surface area contributed by atoms with Crippen LogP contribution in [0.4, 0.5) is 0 Å². The van der Waals surface area contributed by atoms with Gasteiger partial charge in [-0.15, -0.1) is 0 Å². The number of rotatable bonds is 3. The van der Waals surface area contributed by atoms with Gasteiger partial charge in [0.2, 0.25) is 0 Å². The molecule has 2 atom stereocenters. The van der Waals surface area contributed by atoms with E-state index in [0.717, 1.165) is 22.2 Å². The molecule has 2 N–H and O–H groups in total. The van der Waals surface area contributed by atoms with Gasteiger partial charge in [-0.3, -0.25) is 4.57 Å². The van der Waals surface area contributed by atoms with Gasteiger partial charge >= 0.3 is 5.76 Å². The molecule has 23 heavy (non-hydrogen) atoms. The lowest BCUT2D eigenvalue weighted by Gasteiger charge is -2.14. The molecule has 5 nitrogen and oxygen atoms in total. The fraction of sp³-hybridized carbons (Fsp3) is 0.222. The van der Waals surface area contributed by atoms with Gasteiger partial charge in [0.15, 0.2) is 5.58 Å². The lowest BCUT2D eigenvalue weighted by molar-refractivity contribution is 0.528. The number of nitriles is 1. The summed E-state index contributed by atoms with van der Waals surface area (Å²) in [5, 5.41) is 8.92. The molecule has 3 aromatic rings. The third kappa shape index (κ3) is 2.65. The van der Waals surface area contributed by atoms with Crippen molar-refractivity contribution in [3.63, 3.8) is 0 Å². The Morgan fingerprint density at radius 3 is 2.48 bits per heavy atom. The Morgan fingerprint density at radius 1 is 1.17 bits per heavy atom. The predicted molar refractivity (Wildman–Crippen MR) is 88.9 cm³/mol. The second kappa shape index (κ2) is 5.75. The van der Waals surface area contributed by atoms with Crippen LogP contribution in [0.3, 0.4) is 0 Å². The molecule has 2 aromatic carbocycles. The van der Waals surface area contributed by atoms with Crippen molar-refractivity contribution in [1.82, 2.24) is 4.57 Å². The molecule has 1 heterocycles. The molecule has 0 aliphatic heterocycles. The van der Waals surface area contributed by atoms with Crippen LogP contribution < -0.4 is 11.5 Å². The molecule has 1 aromatic heterocycles. The second-order valence-electron chi connectivity index (χ2n) is 5.68. The van der Waals surface area contributed by atoms with E-state index in [4.69, 9.17) is 15.4 Å². The van der Waals surface area contributed by atoms with Crippen molar-refractivity contribution in [2.45, 2.75) is 18.9 Å². The van der Waals surface area contributed by atoms with Gasteiger partial charge in [-0.25, -0.2) is 4.79 Å². The quantitative estimate of drug-likeness (QED) is 0.806. The third-order valence-electron chi connectivity index (χ3n) is 4.25. The second-order valence-corrected chi connectivity index (χ2v) is 5.68. The molecule has 0 saturated carbocycles. The van der Waals surface area contributed by atoms with E-state index in [1.807, 2.05) is 43.3 Å². The van der Waals surface area contributed by atoms with Gasteiger partial charge in [0, 0.05) is 13.0 Å². The molecule has 0 saturated heterocycles. The number of oxazole rings is 1. The monoisotopic (exact) mass is 307 g/mol. The molecule has 0 bridgehead atoms. The van der Waals surface area contributed by atoms with Gasteiger partial charge in [-0.2, -0.15) is 5.26 Å². The molecule has 3 rings (SSSR count). The van der Waals surface area contributed by atoms with Crippen LogP contribution in [-0.2, 0) is 7.05 Å². The van der Waals surface area contributed by atoms with Crippen LogP contribution in [0.1, 0.15) is 18.4 Å². The Morgan fingerprint density at radius 2 is 1.83 bits per heavy atom. The standard InChI is InChI=1S/C18H17N3O2/c1-11(15(20)10-19)12-3-5-13(6-4-12)14-7-8-17-16(9-14)21(2)18(22)23-17/h3-9,11,15H,20H2,1-2H3/t11-,15+/m0/s1. The number of aryl methyl sites for hydroxylation is 1. The topological polar surface area (TPSA) is 84.9 Å². The molecule has 0 amide bonds. The van der Waals surface area contributed by atoms with Gasteiger partial charge < -0.3 is 10.2 Å². The summed E-state index contributed by atoms with van der Waals surface area (Å²) in [6.45, 7) is 1.94. The maximum atomic E-state index is 11.6. The number of nitrogens with zero attached hydrogens (tertiary/aromatic N) is 2. The molecule has 0 fully saturated rings. The molecule has 0 unspecified atom stereocenters. The minimum atomic E-state index is -0.516. The summed E-state index contributed by atoms with van der Waals surface area (Å²) in [5.74, 6) is -0.391. The van der Waals surface area contributed by atoms with Crippen molar-refractivity contribution in [3.8, 4) is 17.2 Å². The first-order valence-corrected chi connectivity index (χ1v) is 7.36. The van der Waals surface area contributed by atoms with E-state index in [2.05, 4.69) is 6.07 Å². The molecular formula is C18H17N3O2. The highest BCUT2D eigenvalue weighted by atomic mass is 16.4. The van der Waals surface area contributed by atoms with E-state index >= 15 is 0 Å². The summed E-state index contributed by atoms with van der Waals surface area (Å²) >= 11 is 0. The van der Waals surface area contributed by atoms with Gasteiger partial charge in [-0.05, 0) is 28.8 Å². The van der Waals surface area contributed by atoms with Crippen molar-refractivity contribution < 1.29 is 4.42 Å². The first-order chi connectivity index (χ1) is 11.0. The van der Waals surface area contributed by atoms with Crippen molar-refractivity contribution >= 4 is 11.1 Å². The van der Waals surface area contributed by atoms with Crippen molar-refractivity contribution in [2.75, 3.05) is 0 Å². The number of aromatic nitrogens is 1. The maximum absolute atomic E-state index is 11.6. The molecule has 5 heteroatoms. The molecule has 116 valence electrons. The van der Waals surface area contributed by atoms with E-state index in [9.17, 15) is 4.79 Å². The SMILES string of the molecule is C[C@@H](c1ccc(-c2ccc3oc(=O)n(C)c3c2)cc1)[C@H](N)C#N. The maximum Gasteiger partial charge on any atom is 0.419 e. The summed E-state index contributed by atoms with van der Waals surface area (Å²) in [4.78, 5) is 11.6. The van der Waals surface area contributed by atoms with E-state index in [1.54, 1.807) is 13.1 Å². The molecule has 0 spiro atoms. The van der Waals surface area contributed by atoms with Gasteiger partial charge in [-0.1, -0.05) is 37.3 Å². The van der Waals surface area contributed by atoms with Crippen LogP contribution >= 0.6 is 0 Å². The summed E-state index contributed by atoms with van der Waals surface area (Å²) in [7, 11) is 1.69. The first-order valence-electron chi connectivity index (χ1n) is 7.36. The fourth-order valence-electron chi connectivity index (χ4n) is 2.60. The largest absolute Gasteiger partial charge is 0.419 e. The smallest absolute Gasteiger partial charge is 0.408 e. The van der Waals surface area contributed by atoms with Gasteiger partial charge in [0.1, 0.15) is 0 Å². The van der Waals surface area contributed by atoms with Crippen LogP contribution in [0.5, 0.6) is 0 Å². The molecule has 0 aliphatic rings. The summed E-state index contributed by atoms with van der Waals surface area (Å²) in [6, 6.07) is 15.2. The fourth-order valence-corrected chi connectivity index (χ4v) is 2.60. The van der Waals surface area contributed by atoms with E-state index in [1.165, 1.54) is 4.57 Å². The summed E-state index contributed by atoms with van der Waals surface area (Å²) in [6.07, 6.45) is 0. The van der Waals surface area contributed by atoms with Crippen molar-refractivity contribution in [2.24, 2.45) is 12.8 Å². The van der Waals surface area contributed by atoms with Crippen LogP contribution in [0, 0.1) is 11.3 Å². The highest BCUT2D eigenvalue weighted by molar-refractivity contribution is 5.80. The number of nitrogens with two attached hydrogens (primary N) is 1. The lowest BCUT2D eigenvalue weighted by Crippen LogP contribution is -2.24. The summed E-state index contributed by atoms with van der Waals surface area (Å²) < 4.78 is 6.63. The van der Waals surface area contributed by atoms with Crippen LogP contribution in [0.15, 0.2) is 51.7 Å². The van der Waals surface area contributed by atoms with Gasteiger partial charge in [0.25, 0.3) is 0 Å². The van der Waals surface area contributed by atoms with Crippen molar-refractivity contribution in [1.29, 1.82) is 5.26 Å². The van der Waals surface area contributed by atoms with Gasteiger partial charge in [0.05, 0.1) is 17.6 Å². The molecule has 0 radical (unpaired) electrons. The van der Waals surface area contributed by atoms with E-state index in [0.29, 0.717) is 5.58 Å². The highest BCUT2D eigenvalue weighted by Gasteiger charge is 2.14. The Hall–Kier alpha value is -2.84. The Bertz CT molecular complexity index is 945. The normalized spacial score (nSPS) is 13.7. The molecular weight excluding hydrogens is 290 g/mol. The van der Waals surface area contributed by atoms with E-state index in [-0.39, 0.29) is 11.7 Å². The lowest BCUT2D eigenvalue weighted by atomic mass is 9.93. The number of fused-ring (bicyclic) bond motifs is 1. The Kier molecular flexibility index (Phi) is 3.77. The van der Waals surface area contributed by atoms with Crippen molar-refractivity contribution in [3.05, 3.63) is 58.6 Å². The zero-order valence-corrected chi connectivity index (χ0v) is 13.0. The van der Waals surface area contributed by atoms with Crippen LogP contribution in [-0.4, -0.2) is 10.6 Å². The minimum absolute atomic E-state index is 0.0220. The Labute approximate surface area is 133 Å². The number of benzene rings is 2. The molecule has 0 aliphatic carbocycles. The predicted octanol–water partition coefficient (Wildman–Crippen LogP) is 2.75. The van der Waals surface area contributed by atoms with E-state index < -0.39 is 6.04 Å². The summed E-state index contributed by atoms with van der Waals surface area (Å²) in [5.41, 5.74) is 10.2.